The van der Waals surface area contributed by atoms with E-state index in [0.29, 0.717) is 5.92 Å². The topological polar surface area (TPSA) is 67.6 Å². The van der Waals surface area contributed by atoms with Crippen LogP contribution in [0.15, 0.2) is 0 Å². The third kappa shape index (κ3) is 3.28. The van der Waals surface area contributed by atoms with Crippen molar-refractivity contribution in [2.24, 2.45) is 5.73 Å². The largest absolute Gasteiger partial charge is 0.321 e. The minimum atomic E-state index is 0.00328. The van der Waals surface area contributed by atoms with Crippen LogP contribution in [0.4, 0.5) is 0 Å². The van der Waals surface area contributed by atoms with E-state index in [1.165, 1.54) is 38.5 Å². The molecule has 1 aliphatic rings. The zero-order chi connectivity index (χ0) is 12.1. The predicted octanol–water partition coefficient (Wildman–Crippen LogP) is 3.04. The average molecular weight is 236 g/mol. The Kier molecular flexibility index (Phi) is 4.54. The molecule has 0 bridgehead atoms. The molecule has 0 saturated heterocycles. The lowest BCUT2D eigenvalue weighted by Gasteiger charge is -2.18. The number of nitrogens with one attached hydrogen (secondary N) is 1. The Morgan fingerprint density at radius 3 is 2.82 bits per heavy atom. The average Bonchev–Trinajstić information content (AvgIpc) is 2.86. The fourth-order valence-corrected chi connectivity index (χ4v) is 2.57. The number of rotatable bonds is 5. The first-order valence-electron chi connectivity index (χ1n) is 6.99. The zero-order valence-corrected chi connectivity index (χ0v) is 10.8. The molecular weight excluding hydrogens is 212 g/mol. The maximum atomic E-state index is 6.08. The van der Waals surface area contributed by atoms with Crippen LogP contribution in [-0.2, 0) is 0 Å². The van der Waals surface area contributed by atoms with E-state index in [9.17, 15) is 0 Å². The van der Waals surface area contributed by atoms with E-state index in [4.69, 9.17) is 5.73 Å². The van der Waals surface area contributed by atoms with Gasteiger partial charge in [-0.05, 0) is 19.3 Å². The smallest absolute Gasteiger partial charge is 0.167 e. The van der Waals surface area contributed by atoms with Crippen LogP contribution in [0.2, 0.25) is 0 Å². The van der Waals surface area contributed by atoms with Gasteiger partial charge in [-0.3, -0.25) is 5.10 Å². The van der Waals surface area contributed by atoms with E-state index in [1.54, 1.807) is 0 Å². The number of unbranched alkanes of at least 4 members (excludes halogenated alkanes) is 1. The summed E-state index contributed by atoms with van der Waals surface area (Å²) in [7, 11) is 0. The molecule has 1 saturated carbocycles. The lowest BCUT2D eigenvalue weighted by Crippen LogP contribution is -2.12. The van der Waals surface area contributed by atoms with Crippen molar-refractivity contribution < 1.29 is 0 Å². The van der Waals surface area contributed by atoms with Gasteiger partial charge in [-0.2, -0.15) is 5.10 Å². The van der Waals surface area contributed by atoms with Crippen molar-refractivity contribution in [1.29, 1.82) is 0 Å². The second kappa shape index (κ2) is 6.15. The number of nitrogens with zero attached hydrogens (tertiary/aromatic N) is 2. The van der Waals surface area contributed by atoms with Crippen LogP contribution in [0.25, 0.3) is 0 Å². The minimum Gasteiger partial charge on any atom is -0.321 e. The second-order valence-electron chi connectivity index (χ2n) is 5.16. The molecule has 1 aromatic rings. The lowest BCUT2D eigenvalue weighted by molar-refractivity contribution is 0.429. The Hall–Kier alpha value is -0.900. The van der Waals surface area contributed by atoms with Crippen LogP contribution in [-0.4, -0.2) is 15.2 Å². The summed E-state index contributed by atoms with van der Waals surface area (Å²) in [6.45, 7) is 2.18. The molecule has 1 aliphatic carbocycles. The summed E-state index contributed by atoms with van der Waals surface area (Å²) in [5, 5.41) is 7.37. The van der Waals surface area contributed by atoms with Gasteiger partial charge in [0.05, 0.1) is 6.04 Å². The van der Waals surface area contributed by atoms with Crippen molar-refractivity contribution in [3.63, 3.8) is 0 Å². The third-order valence-electron chi connectivity index (χ3n) is 3.71. The molecule has 1 heterocycles. The first-order chi connectivity index (χ1) is 8.31. The molecular formula is C13H24N4. The molecule has 0 radical (unpaired) electrons. The molecule has 0 aromatic carbocycles. The number of nitrogens with two attached hydrogens (primary N) is 1. The van der Waals surface area contributed by atoms with Crippen LogP contribution < -0.4 is 5.73 Å². The first-order valence-corrected chi connectivity index (χ1v) is 6.99. The van der Waals surface area contributed by atoms with Gasteiger partial charge in [0.25, 0.3) is 0 Å². The van der Waals surface area contributed by atoms with Gasteiger partial charge in [0.2, 0.25) is 0 Å². The Balaban J connectivity index is 1.94. The zero-order valence-electron chi connectivity index (χ0n) is 10.8. The van der Waals surface area contributed by atoms with Crippen molar-refractivity contribution >= 4 is 0 Å². The van der Waals surface area contributed by atoms with Crippen molar-refractivity contribution in [3.05, 3.63) is 11.6 Å². The van der Waals surface area contributed by atoms with Crippen LogP contribution in [0.5, 0.6) is 0 Å². The molecule has 3 N–H and O–H groups in total. The molecule has 17 heavy (non-hydrogen) atoms. The molecule has 1 unspecified atom stereocenters. The molecule has 0 aliphatic heterocycles. The van der Waals surface area contributed by atoms with E-state index >= 15 is 0 Å². The highest BCUT2D eigenvalue weighted by molar-refractivity contribution is 5.01. The van der Waals surface area contributed by atoms with Crippen LogP contribution >= 0.6 is 0 Å². The number of H-pyrrole nitrogens is 1. The monoisotopic (exact) mass is 236 g/mol. The summed E-state index contributed by atoms with van der Waals surface area (Å²) >= 11 is 0. The third-order valence-corrected chi connectivity index (χ3v) is 3.71. The van der Waals surface area contributed by atoms with Crippen LogP contribution in [0.1, 0.15) is 81.9 Å². The van der Waals surface area contributed by atoms with Gasteiger partial charge in [0, 0.05) is 5.92 Å². The summed E-state index contributed by atoms with van der Waals surface area (Å²) in [6, 6.07) is 0.00328. The van der Waals surface area contributed by atoms with Gasteiger partial charge in [-0.25, -0.2) is 4.98 Å². The summed E-state index contributed by atoms with van der Waals surface area (Å²) in [5.74, 6) is 2.45. The van der Waals surface area contributed by atoms with E-state index in [2.05, 4.69) is 22.1 Å². The van der Waals surface area contributed by atoms with E-state index in [-0.39, 0.29) is 6.04 Å². The highest BCUT2D eigenvalue weighted by Crippen LogP contribution is 2.30. The number of hydrogen-bond acceptors (Lipinski definition) is 3. The van der Waals surface area contributed by atoms with Crippen LogP contribution in [0.3, 0.4) is 0 Å². The predicted molar refractivity (Wildman–Crippen MR) is 68.7 cm³/mol. The number of aromatic nitrogens is 3. The van der Waals surface area contributed by atoms with Gasteiger partial charge in [-0.15, -0.1) is 0 Å². The maximum absolute atomic E-state index is 6.08. The van der Waals surface area contributed by atoms with Crippen molar-refractivity contribution in [1.82, 2.24) is 15.2 Å². The summed E-state index contributed by atoms with van der Waals surface area (Å²) in [5.41, 5.74) is 6.08. The molecule has 2 rings (SSSR count). The fraction of sp³-hybridized carbons (Fsp3) is 0.846. The molecule has 1 fully saturated rings. The van der Waals surface area contributed by atoms with Gasteiger partial charge in [0.15, 0.2) is 5.82 Å². The van der Waals surface area contributed by atoms with Crippen LogP contribution in [0, 0.1) is 0 Å². The van der Waals surface area contributed by atoms with E-state index in [1.807, 2.05) is 0 Å². The van der Waals surface area contributed by atoms with Crippen molar-refractivity contribution in [2.45, 2.75) is 70.3 Å². The molecule has 4 nitrogen and oxygen atoms in total. The molecule has 1 atom stereocenters. The standard InChI is InChI=1S/C13H24N4/c1-2-3-9-11(14)13-15-12(16-17-13)10-7-5-4-6-8-10/h10-11H,2-9,14H2,1H3,(H,15,16,17). The van der Waals surface area contributed by atoms with Gasteiger partial charge >= 0.3 is 0 Å². The summed E-state index contributed by atoms with van der Waals surface area (Å²) in [6.07, 6.45) is 9.82. The SMILES string of the molecule is CCCCC(N)c1n[nH]c(C2CCCCC2)n1. The normalized spacial score (nSPS) is 19.4. The lowest BCUT2D eigenvalue weighted by atomic mass is 9.89. The number of aromatic amines is 1. The van der Waals surface area contributed by atoms with E-state index in [0.717, 1.165) is 24.5 Å². The molecule has 0 spiro atoms. The fourth-order valence-electron chi connectivity index (χ4n) is 2.57. The maximum Gasteiger partial charge on any atom is 0.167 e. The first kappa shape index (κ1) is 12.6. The highest BCUT2D eigenvalue weighted by atomic mass is 15.2. The Labute approximate surface area is 103 Å². The van der Waals surface area contributed by atoms with Gasteiger partial charge < -0.3 is 5.73 Å². The van der Waals surface area contributed by atoms with Gasteiger partial charge in [-0.1, -0.05) is 39.0 Å². The minimum absolute atomic E-state index is 0.00328. The summed E-state index contributed by atoms with van der Waals surface area (Å²) < 4.78 is 0. The van der Waals surface area contributed by atoms with Crippen molar-refractivity contribution in [3.8, 4) is 0 Å². The van der Waals surface area contributed by atoms with Gasteiger partial charge in [0.1, 0.15) is 5.82 Å². The molecule has 1 aromatic heterocycles. The van der Waals surface area contributed by atoms with E-state index < -0.39 is 0 Å². The van der Waals surface area contributed by atoms with Crippen molar-refractivity contribution in [2.75, 3.05) is 0 Å². The highest BCUT2D eigenvalue weighted by Gasteiger charge is 2.20. The summed E-state index contributed by atoms with van der Waals surface area (Å²) in [4.78, 5) is 4.60. The Morgan fingerprint density at radius 1 is 1.35 bits per heavy atom. The number of hydrogen-bond donors (Lipinski definition) is 2. The Morgan fingerprint density at radius 2 is 2.12 bits per heavy atom. The quantitative estimate of drug-likeness (QED) is 0.825. The molecule has 4 heteroatoms. The Bertz CT molecular complexity index is 328. The molecule has 96 valence electrons. The second-order valence-corrected chi connectivity index (χ2v) is 5.16. The molecule has 0 amide bonds.